The van der Waals surface area contributed by atoms with Crippen LogP contribution in [0.2, 0.25) is 0 Å². The molecule has 0 saturated carbocycles. The summed E-state index contributed by atoms with van der Waals surface area (Å²) in [6, 6.07) is 0. The molecule has 0 bridgehead atoms. The van der Waals surface area contributed by atoms with Crippen LogP contribution in [-0.2, 0) is 6.54 Å². The van der Waals surface area contributed by atoms with Gasteiger partial charge in [0.2, 0.25) is 0 Å². The van der Waals surface area contributed by atoms with Crippen LogP contribution in [0.5, 0.6) is 0 Å². The Balaban J connectivity index is 3.37. The average Bonchev–Trinajstić information content (AvgIpc) is 2.45. The standard InChI is InChI=1S/C9H12N2O4/c1-3-4-11-5(2)10-6(8(12)13)7(11)9(14)15/h3-4H2,1-2H3,(H,12,13)(H,14,15). The summed E-state index contributed by atoms with van der Waals surface area (Å²) in [7, 11) is 0. The molecule has 1 heterocycles. The molecule has 0 spiro atoms. The smallest absolute Gasteiger partial charge is 0.357 e. The number of imidazole rings is 1. The first-order chi connectivity index (χ1) is 6.99. The third-order valence-electron chi connectivity index (χ3n) is 2.01. The van der Waals surface area contributed by atoms with E-state index in [0.717, 1.165) is 6.42 Å². The van der Waals surface area contributed by atoms with Gasteiger partial charge in [-0.3, -0.25) is 0 Å². The van der Waals surface area contributed by atoms with E-state index in [0.29, 0.717) is 12.4 Å². The number of aryl methyl sites for hydroxylation is 1. The van der Waals surface area contributed by atoms with Crippen molar-refractivity contribution in [2.24, 2.45) is 0 Å². The highest BCUT2D eigenvalue weighted by Crippen LogP contribution is 2.12. The fourth-order valence-electron chi connectivity index (χ4n) is 1.43. The summed E-state index contributed by atoms with van der Waals surface area (Å²) >= 11 is 0. The Morgan fingerprint density at radius 2 is 1.93 bits per heavy atom. The first kappa shape index (κ1) is 11.2. The molecule has 6 nitrogen and oxygen atoms in total. The van der Waals surface area contributed by atoms with E-state index >= 15 is 0 Å². The van der Waals surface area contributed by atoms with Crippen LogP contribution in [0.3, 0.4) is 0 Å². The van der Waals surface area contributed by atoms with Crippen molar-refractivity contribution in [3.63, 3.8) is 0 Å². The van der Waals surface area contributed by atoms with Gasteiger partial charge in [0.15, 0.2) is 11.4 Å². The van der Waals surface area contributed by atoms with Gasteiger partial charge >= 0.3 is 11.9 Å². The molecule has 0 saturated heterocycles. The molecule has 0 fully saturated rings. The summed E-state index contributed by atoms with van der Waals surface area (Å²) in [4.78, 5) is 25.4. The van der Waals surface area contributed by atoms with Gasteiger partial charge in [-0.2, -0.15) is 0 Å². The minimum absolute atomic E-state index is 0.248. The Kier molecular flexibility index (Phi) is 3.08. The number of hydrogen-bond donors (Lipinski definition) is 2. The first-order valence-electron chi connectivity index (χ1n) is 4.52. The number of carbonyl (C=O) groups is 2. The largest absolute Gasteiger partial charge is 0.476 e. The fraction of sp³-hybridized carbons (Fsp3) is 0.444. The lowest BCUT2D eigenvalue weighted by atomic mass is 10.3. The van der Waals surface area contributed by atoms with Gasteiger partial charge in [0, 0.05) is 6.54 Å². The summed E-state index contributed by atoms with van der Waals surface area (Å²) in [6.45, 7) is 3.92. The van der Waals surface area contributed by atoms with Gasteiger partial charge in [-0.25, -0.2) is 14.6 Å². The lowest BCUT2D eigenvalue weighted by Gasteiger charge is -2.04. The molecule has 15 heavy (non-hydrogen) atoms. The number of aromatic carboxylic acids is 2. The van der Waals surface area contributed by atoms with Crippen LogP contribution < -0.4 is 0 Å². The van der Waals surface area contributed by atoms with Crippen LogP contribution >= 0.6 is 0 Å². The molecule has 2 N–H and O–H groups in total. The maximum atomic E-state index is 10.9. The summed E-state index contributed by atoms with van der Waals surface area (Å²) in [5, 5.41) is 17.7. The summed E-state index contributed by atoms with van der Waals surface area (Å²) in [5.41, 5.74) is -0.643. The van der Waals surface area contributed by atoms with E-state index in [-0.39, 0.29) is 5.69 Å². The van der Waals surface area contributed by atoms with Crippen molar-refractivity contribution in [3.8, 4) is 0 Å². The molecule has 0 aromatic carbocycles. The average molecular weight is 212 g/mol. The molecule has 0 amide bonds. The molecule has 0 atom stereocenters. The van der Waals surface area contributed by atoms with E-state index in [4.69, 9.17) is 10.2 Å². The highest BCUT2D eigenvalue weighted by molar-refractivity contribution is 5.99. The molecule has 0 aliphatic heterocycles. The predicted molar refractivity (Wildman–Crippen MR) is 51.2 cm³/mol. The minimum atomic E-state index is -1.31. The van der Waals surface area contributed by atoms with Gasteiger partial charge in [0.25, 0.3) is 0 Å². The Labute approximate surface area is 86.2 Å². The molecule has 0 unspecified atom stereocenters. The van der Waals surface area contributed by atoms with Crippen molar-refractivity contribution in [3.05, 3.63) is 17.2 Å². The van der Waals surface area contributed by atoms with Gasteiger partial charge in [-0.05, 0) is 13.3 Å². The molecule has 1 aromatic rings. The number of nitrogens with zero attached hydrogens (tertiary/aromatic N) is 2. The Hall–Kier alpha value is -1.85. The molecule has 0 aliphatic rings. The van der Waals surface area contributed by atoms with Crippen LogP contribution in [0.15, 0.2) is 0 Å². The van der Waals surface area contributed by atoms with Crippen LogP contribution in [0.4, 0.5) is 0 Å². The predicted octanol–water partition coefficient (Wildman–Crippen LogP) is 0.998. The number of hydrogen-bond acceptors (Lipinski definition) is 3. The lowest BCUT2D eigenvalue weighted by Crippen LogP contribution is -2.13. The van der Waals surface area contributed by atoms with Crippen molar-refractivity contribution in [1.82, 2.24) is 9.55 Å². The number of aromatic nitrogens is 2. The van der Waals surface area contributed by atoms with Crippen LogP contribution in [0.25, 0.3) is 0 Å². The van der Waals surface area contributed by atoms with Crippen LogP contribution in [0, 0.1) is 6.92 Å². The fourth-order valence-corrected chi connectivity index (χ4v) is 1.43. The van der Waals surface area contributed by atoms with Gasteiger partial charge in [-0.15, -0.1) is 0 Å². The van der Waals surface area contributed by atoms with E-state index in [1.165, 1.54) is 4.57 Å². The van der Waals surface area contributed by atoms with Gasteiger partial charge in [-0.1, -0.05) is 6.92 Å². The molecular weight excluding hydrogens is 200 g/mol. The second-order valence-corrected chi connectivity index (χ2v) is 3.12. The van der Waals surface area contributed by atoms with E-state index in [9.17, 15) is 9.59 Å². The zero-order valence-corrected chi connectivity index (χ0v) is 8.52. The maximum Gasteiger partial charge on any atom is 0.357 e. The number of carboxylic acid groups (broad SMARTS) is 2. The van der Waals surface area contributed by atoms with Gasteiger partial charge in [0.05, 0.1) is 0 Å². The molecule has 1 aromatic heterocycles. The Morgan fingerprint density at radius 1 is 1.33 bits per heavy atom. The van der Waals surface area contributed by atoms with E-state index < -0.39 is 17.6 Å². The van der Waals surface area contributed by atoms with Crippen molar-refractivity contribution >= 4 is 11.9 Å². The van der Waals surface area contributed by atoms with E-state index in [2.05, 4.69) is 4.98 Å². The van der Waals surface area contributed by atoms with Crippen LogP contribution in [-0.4, -0.2) is 31.7 Å². The highest BCUT2D eigenvalue weighted by Gasteiger charge is 2.24. The van der Waals surface area contributed by atoms with E-state index in [1.807, 2.05) is 6.92 Å². The Morgan fingerprint density at radius 3 is 2.33 bits per heavy atom. The highest BCUT2D eigenvalue weighted by atomic mass is 16.4. The third kappa shape index (κ3) is 1.98. The van der Waals surface area contributed by atoms with Crippen molar-refractivity contribution < 1.29 is 19.8 Å². The molecule has 6 heteroatoms. The summed E-state index contributed by atoms with van der Waals surface area (Å²) in [6.07, 6.45) is 0.719. The molecule has 82 valence electrons. The topological polar surface area (TPSA) is 92.4 Å². The van der Waals surface area contributed by atoms with Crippen molar-refractivity contribution in [2.45, 2.75) is 26.8 Å². The third-order valence-corrected chi connectivity index (χ3v) is 2.01. The first-order valence-corrected chi connectivity index (χ1v) is 4.52. The van der Waals surface area contributed by atoms with E-state index in [1.54, 1.807) is 6.92 Å². The minimum Gasteiger partial charge on any atom is -0.476 e. The molecular formula is C9H12N2O4. The normalized spacial score (nSPS) is 10.3. The van der Waals surface area contributed by atoms with Gasteiger partial charge in [0.1, 0.15) is 5.82 Å². The molecule has 1 rings (SSSR count). The maximum absolute atomic E-state index is 10.9. The second kappa shape index (κ2) is 4.12. The number of carboxylic acids is 2. The zero-order chi connectivity index (χ0) is 11.6. The quantitative estimate of drug-likeness (QED) is 0.776. The van der Waals surface area contributed by atoms with Gasteiger partial charge < -0.3 is 14.8 Å². The second-order valence-electron chi connectivity index (χ2n) is 3.12. The molecule has 0 aliphatic carbocycles. The van der Waals surface area contributed by atoms with Crippen molar-refractivity contribution in [2.75, 3.05) is 0 Å². The number of rotatable bonds is 4. The Bertz CT molecular complexity index is 408. The molecule has 0 radical (unpaired) electrons. The monoisotopic (exact) mass is 212 g/mol. The van der Waals surface area contributed by atoms with Crippen LogP contribution in [0.1, 0.15) is 40.1 Å². The zero-order valence-electron chi connectivity index (χ0n) is 8.52. The SMILES string of the molecule is CCCn1c(C)nc(C(=O)O)c1C(=O)O. The summed E-state index contributed by atoms with van der Waals surface area (Å²) in [5.74, 6) is -2.17. The van der Waals surface area contributed by atoms with Crippen molar-refractivity contribution in [1.29, 1.82) is 0 Å². The summed E-state index contributed by atoms with van der Waals surface area (Å²) < 4.78 is 1.41. The lowest BCUT2D eigenvalue weighted by molar-refractivity contribution is 0.0640.